The number of nitrogens with one attached hydrogen (secondary N) is 2. The number of hydrogen-bond acceptors (Lipinski definition) is 5. The van der Waals surface area contributed by atoms with E-state index in [2.05, 4.69) is 10.7 Å². The Morgan fingerprint density at radius 2 is 1.62 bits per heavy atom. The summed E-state index contributed by atoms with van der Waals surface area (Å²) in [5.41, 5.74) is 4.75. The van der Waals surface area contributed by atoms with Gasteiger partial charge >= 0.3 is 0 Å². The van der Waals surface area contributed by atoms with E-state index in [0.717, 1.165) is 11.1 Å². The molecule has 1 unspecified atom stereocenters. The number of rotatable bonds is 9. The number of nitrogens with zero attached hydrogens (tertiary/aromatic N) is 2. The van der Waals surface area contributed by atoms with Gasteiger partial charge in [-0.05, 0) is 41.2 Å². The third-order valence-electron chi connectivity index (χ3n) is 5.41. The van der Waals surface area contributed by atoms with Crippen LogP contribution in [0.15, 0.2) is 78.2 Å². The van der Waals surface area contributed by atoms with E-state index in [0.29, 0.717) is 17.8 Å². The van der Waals surface area contributed by atoms with Crippen LogP contribution in [0.4, 0.5) is 0 Å². The quantitative estimate of drug-likeness (QED) is 0.449. The lowest BCUT2D eigenvalue weighted by Gasteiger charge is -2.24. The van der Waals surface area contributed by atoms with E-state index in [9.17, 15) is 14.4 Å². The van der Waals surface area contributed by atoms with Crippen LogP contribution in [0.1, 0.15) is 27.2 Å². The lowest BCUT2D eigenvalue weighted by atomic mass is 10.1. The Balaban J connectivity index is 1.45. The molecule has 2 heterocycles. The minimum absolute atomic E-state index is 0.121. The third kappa shape index (κ3) is 5.67. The van der Waals surface area contributed by atoms with E-state index in [-0.39, 0.29) is 35.8 Å². The minimum atomic E-state index is -0.920. The van der Waals surface area contributed by atoms with Crippen molar-refractivity contribution < 1.29 is 14.4 Å². The predicted molar refractivity (Wildman–Crippen MR) is 135 cm³/mol. The first-order chi connectivity index (χ1) is 16.5. The van der Waals surface area contributed by atoms with Gasteiger partial charge in [-0.15, -0.1) is 11.3 Å². The van der Waals surface area contributed by atoms with Gasteiger partial charge in [0.25, 0.3) is 11.8 Å². The van der Waals surface area contributed by atoms with E-state index >= 15 is 0 Å². The van der Waals surface area contributed by atoms with Crippen LogP contribution in [-0.4, -0.2) is 45.3 Å². The minimum Gasteiger partial charge on any atom is -0.356 e. The van der Waals surface area contributed by atoms with Crippen molar-refractivity contribution >= 4 is 46.4 Å². The molecule has 1 aliphatic heterocycles. The molecular formula is C25H24N4O3S2. The number of benzene rings is 2. The second-order valence-corrected chi connectivity index (χ2v) is 9.10. The van der Waals surface area contributed by atoms with Crippen LogP contribution < -0.4 is 10.7 Å². The van der Waals surface area contributed by atoms with Crippen LogP contribution in [0.25, 0.3) is 0 Å². The summed E-state index contributed by atoms with van der Waals surface area (Å²) in [5.74, 6) is -0.978. The standard InChI is InChI=1S/C25H24N4O3S2/c30-22(26-14-13-18-8-3-1-4-9-18)16-20-24(32)28(17-19-10-5-2-6-11-19)25(33)29(20)27-23(31)21-12-7-15-34-21/h1-12,15,20H,13-14,16-17H2,(H,26,30)(H,27,31). The van der Waals surface area contributed by atoms with Crippen LogP contribution in [0.3, 0.4) is 0 Å². The van der Waals surface area contributed by atoms with Crippen LogP contribution in [-0.2, 0) is 22.6 Å². The molecule has 2 aromatic carbocycles. The van der Waals surface area contributed by atoms with Crippen molar-refractivity contribution in [3.8, 4) is 0 Å². The summed E-state index contributed by atoms with van der Waals surface area (Å²) in [6.07, 6.45) is 0.562. The van der Waals surface area contributed by atoms with Crippen LogP contribution in [0, 0.1) is 0 Å². The highest BCUT2D eigenvalue weighted by molar-refractivity contribution is 7.80. The monoisotopic (exact) mass is 492 g/mol. The molecule has 1 aliphatic rings. The molecule has 3 amide bonds. The summed E-state index contributed by atoms with van der Waals surface area (Å²) in [5, 5.41) is 6.18. The normalized spacial score (nSPS) is 15.5. The lowest BCUT2D eigenvalue weighted by Crippen LogP contribution is -2.50. The van der Waals surface area contributed by atoms with Gasteiger partial charge in [0.2, 0.25) is 5.91 Å². The second kappa shape index (κ2) is 11.0. The van der Waals surface area contributed by atoms with Gasteiger partial charge in [0.15, 0.2) is 5.11 Å². The van der Waals surface area contributed by atoms with Crippen LogP contribution in [0.2, 0.25) is 0 Å². The molecule has 0 bridgehead atoms. The summed E-state index contributed by atoms with van der Waals surface area (Å²) in [6, 6.07) is 21.8. The maximum absolute atomic E-state index is 13.3. The van der Waals surface area contributed by atoms with E-state index in [1.807, 2.05) is 60.7 Å². The fourth-order valence-corrected chi connectivity index (χ4v) is 4.62. The van der Waals surface area contributed by atoms with Gasteiger partial charge < -0.3 is 5.32 Å². The molecule has 9 heteroatoms. The Kier molecular flexibility index (Phi) is 7.66. The Labute approximate surface area is 207 Å². The molecule has 1 fully saturated rings. The molecule has 0 spiro atoms. The second-order valence-electron chi connectivity index (χ2n) is 7.79. The van der Waals surface area contributed by atoms with Gasteiger partial charge in [-0.2, -0.15) is 0 Å². The van der Waals surface area contributed by atoms with Crippen molar-refractivity contribution in [3.05, 3.63) is 94.2 Å². The molecule has 1 atom stereocenters. The van der Waals surface area contributed by atoms with Gasteiger partial charge in [0.05, 0.1) is 17.8 Å². The Morgan fingerprint density at radius 3 is 2.26 bits per heavy atom. The van der Waals surface area contributed by atoms with E-state index in [1.54, 1.807) is 17.5 Å². The van der Waals surface area contributed by atoms with Crippen LogP contribution >= 0.6 is 23.6 Å². The largest absolute Gasteiger partial charge is 0.356 e. The number of carbonyl (C=O) groups excluding carboxylic acids is 3. The molecule has 0 saturated carbocycles. The average Bonchev–Trinajstić information content (AvgIpc) is 3.46. The molecule has 0 radical (unpaired) electrons. The van der Waals surface area contributed by atoms with Gasteiger partial charge in [0, 0.05) is 6.54 Å². The first kappa shape index (κ1) is 23.6. The molecule has 34 heavy (non-hydrogen) atoms. The zero-order valence-electron chi connectivity index (χ0n) is 18.3. The highest BCUT2D eigenvalue weighted by atomic mass is 32.1. The number of hydrazine groups is 1. The van der Waals surface area contributed by atoms with E-state index < -0.39 is 6.04 Å². The maximum atomic E-state index is 13.3. The molecule has 4 rings (SSSR count). The third-order valence-corrected chi connectivity index (χ3v) is 6.69. The van der Waals surface area contributed by atoms with Crippen molar-refractivity contribution in [2.24, 2.45) is 0 Å². The molecule has 7 nitrogen and oxygen atoms in total. The average molecular weight is 493 g/mol. The van der Waals surface area contributed by atoms with Crippen LogP contribution in [0.5, 0.6) is 0 Å². The molecule has 3 aromatic rings. The highest BCUT2D eigenvalue weighted by Crippen LogP contribution is 2.22. The number of amides is 3. The number of hydrogen-bond donors (Lipinski definition) is 2. The Hall–Kier alpha value is -3.56. The number of thiophene rings is 1. The van der Waals surface area contributed by atoms with Gasteiger partial charge in [-0.25, -0.2) is 5.01 Å². The summed E-state index contributed by atoms with van der Waals surface area (Å²) in [6.45, 7) is 0.708. The molecule has 174 valence electrons. The molecular weight excluding hydrogens is 468 g/mol. The highest BCUT2D eigenvalue weighted by Gasteiger charge is 2.44. The van der Waals surface area contributed by atoms with Crippen molar-refractivity contribution in [1.82, 2.24) is 20.7 Å². The molecule has 0 aliphatic carbocycles. The number of carbonyl (C=O) groups is 3. The van der Waals surface area contributed by atoms with Gasteiger partial charge in [0.1, 0.15) is 6.04 Å². The van der Waals surface area contributed by atoms with Crippen molar-refractivity contribution in [2.45, 2.75) is 25.4 Å². The summed E-state index contributed by atoms with van der Waals surface area (Å²) >= 11 is 6.84. The Morgan fingerprint density at radius 1 is 0.941 bits per heavy atom. The molecule has 1 saturated heterocycles. The fourth-order valence-electron chi connectivity index (χ4n) is 3.67. The maximum Gasteiger partial charge on any atom is 0.279 e. The zero-order valence-corrected chi connectivity index (χ0v) is 20.0. The first-order valence-electron chi connectivity index (χ1n) is 10.9. The summed E-state index contributed by atoms with van der Waals surface area (Å²) < 4.78 is 0. The number of thiocarbonyl (C=S) groups is 1. The van der Waals surface area contributed by atoms with E-state index in [1.165, 1.54) is 21.2 Å². The summed E-state index contributed by atoms with van der Waals surface area (Å²) in [7, 11) is 0. The first-order valence-corrected chi connectivity index (χ1v) is 12.2. The topological polar surface area (TPSA) is 81.8 Å². The zero-order chi connectivity index (χ0) is 23.9. The van der Waals surface area contributed by atoms with Gasteiger partial charge in [-0.3, -0.25) is 24.7 Å². The fraction of sp³-hybridized carbons (Fsp3) is 0.200. The van der Waals surface area contributed by atoms with Gasteiger partial charge in [-0.1, -0.05) is 66.7 Å². The van der Waals surface area contributed by atoms with Crippen molar-refractivity contribution in [3.63, 3.8) is 0 Å². The van der Waals surface area contributed by atoms with Crippen molar-refractivity contribution in [2.75, 3.05) is 6.54 Å². The molecule has 2 N–H and O–H groups in total. The lowest BCUT2D eigenvalue weighted by molar-refractivity contribution is -0.132. The SMILES string of the molecule is O=C(CC1C(=O)N(Cc2ccccc2)C(=S)N1NC(=O)c1cccs1)NCCc1ccccc1. The van der Waals surface area contributed by atoms with E-state index in [4.69, 9.17) is 12.2 Å². The predicted octanol–water partition coefficient (Wildman–Crippen LogP) is 3.14. The smallest absolute Gasteiger partial charge is 0.279 e. The molecule has 1 aromatic heterocycles. The Bertz CT molecular complexity index is 1150. The van der Waals surface area contributed by atoms with Crippen molar-refractivity contribution in [1.29, 1.82) is 0 Å². The summed E-state index contributed by atoms with van der Waals surface area (Å²) in [4.78, 5) is 40.6.